The molecule has 1 aromatic carbocycles. The minimum absolute atomic E-state index is 0.0741. The molecule has 11 heteroatoms. The van der Waals surface area contributed by atoms with Gasteiger partial charge in [0.15, 0.2) is 6.61 Å². The first-order chi connectivity index (χ1) is 12.1. The van der Waals surface area contributed by atoms with Crippen LogP contribution in [0.25, 0.3) is 0 Å². The zero-order valence-electron chi connectivity index (χ0n) is 14.8. The number of imide groups is 1. The van der Waals surface area contributed by atoms with E-state index in [0.717, 1.165) is 6.07 Å². The Labute approximate surface area is 151 Å². The van der Waals surface area contributed by atoms with Gasteiger partial charge in [-0.1, -0.05) is 10.5 Å². The third-order valence-corrected chi connectivity index (χ3v) is 4.65. The number of rotatable bonds is 7. The molecule has 1 rings (SSSR count). The number of hydrogen-bond donors (Lipinski definition) is 2. The Balaban J connectivity index is 2.73. The lowest BCUT2D eigenvalue weighted by Gasteiger charge is -2.14. The molecule has 0 atom stereocenters. The number of amides is 3. The Morgan fingerprint density at radius 3 is 2.46 bits per heavy atom. The molecule has 0 saturated carbocycles. The molecule has 0 fully saturated rings. The van der Waals surface area contributed by atoms with Gasteiger partial charge in [0.2, 0.25) is 0 Å². The van der Waals surface area contributed by atoms with Crippen LogP contribution in [0.4, 0.5) is 4.79 Å². The highest BCUT2D eigenvalue weighted by atomic mass is 32.2. The summed E-state index contributed by atoms with van der Waals surface area (Å²) in [6, 6.07) is 4.18. The quantitative estimate of drug-likeness (QED) is 0.507. The molecule has 10 nitrogen and oxygen atoms in total. The monoisotopic (exact) mass is 387 g/mol. The number of sulfonamides is 1. The fourth-order valence-electron chi connectivity index (χ4n) is 1.71. The predicted octanol–water partition coefficient (Wildman–Crippen LogP) is 0.260. The van der Waals surface area contributed by atoms with Crippen molar-refractivity contribution in [2.75, 3.05) is 20.8 Å². The third-order valence-electron chi connectivity index (χ3n) is 2.97. The van der Waals surface area contributed by atoms with Crippen molar-refractivity contribution in [2.24, 2.45) is 0 Å². The van der Waals surface area contributed by atoms with Gasteiger partial charge in [0, 0.05) is 13.1 Å². The number of urea groups is 1. The summed E-state index contributed by atoms with van der Waals surface area (Å²) in [4.78, 5) is 39.4. The van der Waals surface area contributed by atoms with Gasteiger partial charge in [-0.05, 0) is 32.0 Å². The van der Waals surface area contributed by atoms with Crippen LogP contribution in [-0.2, 0) is 24.4 Å². The minimum Gasteiger partial charge on any atom is -0.452 e. The van der Waals surface area contributed by atoms with Crippen LogP contribution in [0.2, 0.25) is 0 Å². The molecule has 2 N–H and O–H groups in total. The first-order valence-corrected chi connectivity index (χ1v) is 8.92. The number of esters is 1. The molecular weight excluding hydrogens is 366 g/mol. The topological polar surface area (TPSA) is 131 Å². The van der Waals surface area contributed by atoms with Gasteiger partial charge >= 0.3 is 12.0 Å². The molecule has 0 aliphatic rings. The van der Waals surface area contributed by atoms with Crippen molar-refractivity contribution in [1.29, 1.82) is 0 Å². The van der Waals surface area contributed by atoms with Crippen LogP contribution in [0.15, 0.2) is 29.2 Å². The fraction of sp³-hybridized carbons (Fsp3) is 0.400. The second kappa shape index (κ2) is 9.27. The summed E-state index contributed by atoms with van der Waals surface area (Å²) >= 11 is 0. The third kappa shape index (κ3) is 6.10. The minimum atomic E-state index is -3.93. The van der Waals surface area contributed by atoms with E-state index in [0.29, 0.717) is 4.47 Å². The average molecular weight is 387 g/mol. The van der Waals surface area contributed by atoms with E-state index >= 15 is 0 Å². The van der Waals surface area contributed by atoms with E-state index in [2.05, 4.69) is 10.2 Å². The lowest BCUT2D eigenvalue weighted by atomic mass is 10.2. The van der Waals surface area contributed by atoms with Gasteiger partial charge in [-0.15, -0.1) is 0 Å². The molecule has 0 aromatic heterocycles. The molecule has 26 heavy (non-hydrogen) atoms. The van der Waals surface area contributed by atoms with Crippen molar-refractivity contribution >= 4 is 27.9 Å². The molecule has 0 heterocycles. The van der Waals surface area contributed by atoms with Crippen molar-refractivity contribution in [1.82, 2.24) is 15.1 Å². The van der Waals surface area contributed by atoms with E-state index in [-0.39, 0.29) is 16.5 Å². The van der Waals surface area contributed by atoms with Crippen LogP contribution < -0.4 is 10.6 Å². The van der Waals surface area contributed by atoms with Crippen molar-refractivity contribution in [3.8, 4) is 0 Å². The number of hydrogen-bond acceptors (Lipinski definition) is 7. The Bertz CT molecular complexity index is 777. The summed E-state index contributed by atoms with van der Waals surface area (Å²) in [5.74, 6) is -1.74. The molecule has 0 radical (unpaired) electrons. The lowest BCUT2D eigenvalue weighted by Crippen LogP contribution is -2.44. The predicted molar refractivity (Wildman–Crippen MR) is 90.5 cm³/mol. The zero-order chi connectivity index (χ0) is 19.9. The zero-order valence-corrected chi connectivity index (χ0v) is 15.6. The number of ether oxygens (including phenoxy) is 1. The summed E-state index contributed by atoms with van der Waals surface area (Å²) in [7, 11) is -1.55. The van der Waals surface area contributed by atoms with Gasteiger partial charge in [0.25, 0.3) is 15.9 Å². The summed E-state index contributed by atoms with van der Waals surface area (Å²) < 4.78 is 29.7. The van der Waals surface area contributed by atoms with E-state index in [1.54, 1.807) is 13.8 Å². The van der Waals surface area contributed by atoms with Gasteiger partial charge in [0.1, 0.15) is 0 Å². The number of carbonyl (C=O) groups is 3. The number of carbonyl (C=O) groups excluding carboxylic acids is 3. The summed E-state index contributed by atoms with van der Waals surface area (Å²) in [6.07, 6.45) is 0. The SMILES string of the molecule is CON(C)S(=O)(=O)c1cccc(C(=O)OCC(=O)NC(=O)NC(C)C)c1. The number of nitrogens with zero attached hydrogens (tertiary/aromatic N) is 1. The first-order valence-electron chi connectivity index (χ1n) is 7.48. The number of benzene rings is 1. The van der Waals surface area contributed by atoms with E-state index in [4.69, 9.17) is 4.74 Å². The normalized spacial score (nSPS) is 11.3. The van der Waals surface area contributed by atoms with E-state index < -0.39 is 34.5 Å². The van der Waals surface area contributed by atoms with Gasteiger partial charge in [-0.3, -0.25) is 14.9 Å². The van der Waals surface area contributed by atoms with E-state index in [1.807, 2.05) is 5.32 Å². The van der Waals surface area contributed by atoms with Gasteiger partial charge < -0.3 is 10.1 Å². The molecule has 0 spiro atoms. The first kappa shape index (κ1) is 21.5. The Kier molecular flexibility index (Phi) is 7.68. The second-order valence-electron chi connectivity index (χ2n) is 5.38. The lowest BCUT2D eigenvalue weighted by molar-refractivity contribution is -0.123. The molecule has 0 aliphatic carbocycles. The van der Waals surface area contributed by atoms with Gasteiger partial charge in [-0.2, -0.15) is 0 Å². The molecule has 144 valence electrons. The molecule has 0 aliphatic heterocycles. The van der Waals surface area contributed by atoms with Crippen LogP contribution in [-0.4, -0.2) is 57.6 Å². The Hall–Kier alpha value is -2.50. The molecule has 3 amide bonds. The highest BCUT2D eigenvalue weighted by Crippen LogP contribution is 2.16. The Morgan fingerprint density at radius 2 is 1.88 bits per heavy atom. The largest absolute Gasteiger partial charge is 0.452 e. The average Bonchev–Trinajstić information content (AvgIpc) is 2.58. The van der Waals surface area contributed by atoms with Crippen molar-refractivity contribution in [2.45, 2.75) is 24.8 Å². The summed E-state index contributed by atoms with van der Waals surface area (Å²) in [5.41, 5.74) is -0.0741. The highest BCUT2D eigenvalue weighted by molar-refractivity contribution is 7.89. The van der Waals surface area contributed by atoms with Gasteiger partial charge in [-0.25, -0.2) is 18.0 Å². The standard InChI is InChI=1S/C15H21N3O7S/c1-10(2)16-15(21)17-13(19)9-25-14(20)11-6-5-7-12(8-11)26(22,23)18(3)24-4/h5-8,10H,9H2,1-4H3,(H2,16,17,19,21). The second-order valence-corrected chi connectivity index (χ2v) is 7.31. The van der Waals surface area contributed by atoms with Crippen LogP contribution in [0.3, 0.4) is 0 Å². The molecule has 0 unspecified atom stereocenters. The number of nitrogens with one attached hydrogen (secondary N) is 2. The molecule has 0 saturated heterocycles. The summed E-state index contributed by atoms with van der Waals surface area (Å²) in [6.45, 7) is 2.73. The van der Waals surface area contributed by atoms with Crippen LogP contribution >= 0.6 is 0 Å². The molecular formula is C15H21N3O7S. The highest BCUT2D eigenvalue weighted by Gasteiger charge is 2.22. The smallest absolute Gasteiger partial charge is 0.338 e. The number of hydroxylamine groups is 1. The maximum absolute atomic E-state index is 12.2. The molecule has 1 aromatic rings. The van der Waals surface area contributed by atoms with Crippen LogP contribution in [0.5, 0.6) is 0 Å². The van der Waals surface area contributed by atoms with Crippen LogP contribution in [0.1, 0.15) is 24.2 Å². The fourth-order valence-corrected chi connectivity index (χ4v) is 2.73. The van der Waals surface area contributed by atoms with E-state index in [1.165, 1.54) is 32.4 Å². The van der Waals surface area contributed by atoms with Crippen molar-refractivity contribution in [3.05, 3.63) is 29.8 Å². The van der Waals surface area contributed by atoms with Crippen molar-refractivity contribution < 1.29 is 32.4 Å². The maximum atomic E-state index is 12.2. The Morgan fingerprint density at radius 1 is 1.23 bits per heavy atom. The van der Waals surface area contributed by atoms with Crippen molar-refractivity contribution in [3.63, 3.8) is 0 Å². The van der Waals surface area contributed by atoms with Gasteiger partial charge in [0.05, 0.1) is 17.6 Å². The molecule has 0 bridgehead atoms. The van der Waals surface area contributed by atoms with Crippen LogP contribution in [0, 0.1) is 0 Å². The maximum Gasteiger partial charge on any atom is 0.338 e. The summed E-state index contributed by atoms with van der Waals surface area (Å²) in [5, 5.41) is 4.43. The van der Waals surface area contributed by atoms with E-state index in [9.17, 15) is 22.8 Å².